The summed E-state index contributed by atoms with van der Waals surface area (Å²) < 4.78 is 25.4. The van der Waals surface area contributed by atoms with Gasteiger partial charge in [0, 0.05) is 31.1 Å². The van der Waals surface area contributed by atoms with Gasteiger partial charge in [0.05, 0.1) is 6.26 Å². The van der Waals surface area contributed by atoms with E-state index >= 15 is 0 Å². The molecule has 0 spiro atoms. The third-order valence-corrected chi connectivity index (χ3v) is 5.55. The lowest BCUT2D eigenvalue weighted by Gasteiger charge is -2.20. The molecule has 0 aromatic heterocycles. The number of carbonyl (C=O) groups excluding carboxylic acids is 1. The zero-order valence-electron chi connectivity index (χ0n) is 14.9. The number of sulfonamides is 1. The van der Waals surface area contributed by atoms with Crippen molar-refractivity contribution in [2.75, 3.05) is 12.8 Å². The molecular formula is C19H23ClN2O3S. The zero-order valence-corrected chi connectivity index (χ0v) is 16.5. The Morgan fingerprint density at radius 2 is 1.88 bits per heavy atom. The predicted molar refractivity (Wildman–Crippen MR) is 104 cm³/mol. The number of hydrogen-bond donors (Lipinski definition) is 1. The van der Waals surface area contributed by atoms with Gasteiger partial charge in [-0.1, -0.05) is 59.6 Å². The molecule has 2 rings (SSSR count). The highest BCUT2D eigenvalue weighted by Crippen LogP contribution is 2.14. The first-order valence-electron chi connectivity index (χ1n) is 8.26. The van der Waals surface area contributed by atoms with E-state index in [-0.39, 0.29) is 25.4 Å². The van der Waals surface area contributed by atoms with Crippen LogP contribution in [-0.4, -0.2) is 31.4 Å². The number of carbonyl (C=O) groups is 1. The van der Waals surface area contributed by atoms with Crippen molar-refractivity contribution in [3.63, 3.8) is 0 Å². The van der Waals surface area contributed by atoms with Crippen LogP contribution in [0.2, 0.25) is 5.02 Å². The maximum atomic E-state index is 12.1. The fourth-order valence-corrected chi connectivity index (χ4v) is 3.54. The largest absolute Gasteiger partial charge is 0.352 e. The third kappa shape index (κ3) is 6.44. The second-order valence-corrected chi connectivity index (χ2v) is 8.59. The van der Waals surface area contributed by atoms with Crippen LogP contribution in [0.25, 0.3) is 0 Å². The number of nitrogens with one attached hydrogen (secondary N) is 1. The highest BCUT2D eigenvalue weighted by atomic mass is 35.5. The molecule has 2 aromatic carbocycles. The van der Waals surface area contributed by atoms with E-state index in [1.807, 2.05) is 49.4 Å². The van der Waals surface area contributed by atoms with E-state index in [4.69, 9.17) is 11.6 Å². The number of halogens is 1. The molecular weight excluding hydrogens is 372 g/mol. The lowest BCUT2D eigenvalue weighted by molar-refractivity contribution is -0.121. The van der Waals surface area contributed by atoms with E-state index in [2.05, 4.69) is 5.32 Å². The van der Waals surface area contributed by atoms with Gasteiger partial charge in [-0.2, -0.15) is 4.31 Å². The fraction of sp³-hybridized carbons (Fsp3) is 0.316. The Kier molecular flexibility index (Phi) is 7.20. The van der Waals surface area contributed by atoms with E-state index < -0.39 is 10.0 Å². The molecule has 140 valence electrons. The molecule has 0 aliphatic heterocycles. The summed E-state index contributed by atoms with van der Waals surface area (Å²) in [6, 6.07) is 14.9. The molecule has 0 bridgehead atoms. The standard InChI is InChI=1S/C19H23ClN2O3S/c1-15-6-5-7-16(12-15)14-22(26(2,24)25)11-10-19(23)21-13-17-8-3-4-9-18(17)20/h3-9,12H,10-11,13-14H2,1-2H3,(H,21,23). The molecule has 0 saturated heterocycles. The van der Waals surface area contributed by atoms with Crippen molar-refractivity contribution >= 4 is 27.5 Å². The summed E-state index contributed by atoms with van der Waals surface area (Å²) >= 11 is 6.06. The highest BCUT2D eigenvalue weighted by Gasteiger charge is 2.18. The summed E-state index contributed by atoms with van der Waals surface area (Å²) in [6.07, 6.45) is 1.24. The van der Waals surface area contributed by atoms with Crippen molar-refractivity contribution in [3.05, 3.63) is 70.2 Å². The van der Waals surface area contributed by atoms with Gasteiger partial charge in [-0.05, 0) is 24.1 Å². The number of amides is 1. The van der Waals surface area contributed by atoms with E-state index in [0.717, 1.165) is 22.9 Å². The Morgan fingerprint density at radius 3 is 2.54 bits per heavy atom. The molecule has 2 aromatic rings. The molecule has 7 heteroatoms. The van der Waals surface area contributed by atoms with Gasteiger partial charge in [0.2, 0.25) is 15.9 Å². The van der Waals surface area contributed by atoms with Crippen LogP contribution >= 0.6 is 11.6 Å². The summed E-state index contributed by atoms with van der Waals surface area (Å²) in [4.78, 5) is 12.1. The maximum Gasteiger partial charge on any atom is 0.221 e. The Morgan fingerprint density at radius 1 is 1.15 bits per heavy atom. The molecule has 0 radical (unpaired) electrons. The molecule has 0 heterocycles. The summed E-state index contributed by atoms with van der Waals surface area (Å²) in [5, 5.41) is 3.36. The van der Waals surface area contributed by atoms with Crippen molar-refractivity contribution in [1.82, 2.24) is 9.62 Å². The highest BCUT2D eigenvalue weighted by molar-refractivity contribution is 7.88. The van der Waals surface area contributed by atoms with Crippen LogP contribution in [0, 0.1) is 6.92 Å². The Bertz CT molecular complexity index is 869. The Balaban J connectivity index is 1.92. The first kappa shape index (κ1) is 20.4. The van der Waals surface area contributed by atoms with Crippen LogP contribution in [0.4, 0.5) is 0 Å². The molecule has 0 unspecified atom stereocenters. The van der Waals surface area contributed by atoms with Crippen molar-refractivity contribution in [2.45, 2.75) is 26.4 Å². The minimum Gasteiger partial charge on any atom is -0.352 e. The monoisotopic (exact) mass is 394 g/mol. The molecule has 0 atom stereocenters. The molecule has 1 amide bonds. The van der Waals surface area contributed by atoms with E-state index in [9.17, 15) is 13.2 Å². The SMILES string of the molecule is Cc1cccc(CN(CCC(=O)NCc2ccccc2Cl)S(C)(=O)=O)c1. The summed E-state index contributed by atoms with van der Waals surface area (Å²) in [5.74, 6) is -0.220. The molecule has 0 aliphatic rings. The number of rotatable bonds is 8. The second kappa shape index (κ2) is 9.16. The lowest BCUT2D eigenvalue weighted by Crippen LogP contribution is -2.34. The van der Waals surface area contributed by atoms with Crippen LogP contribution in [0.15, 0.2) is 48.5 Å². The van der Waals surface area contributed by atoms with Crippen molar-refractivity contribution in [3.8, 4) is 0 Å². The van der Waals surface area contributed by atoms with Gasteiger partial charge in [-0.3, -0.25) is 4.79 Å². The van der Waals surface area contributed by atoms with E-state index in [0.29, 0.717) is 11.6 Å². The van der Waals surface area contributed by atoms with Gasteiger partial charge in [0.25, 0.3) is 0 Å². The van der Waals surface area contributed by atoms with Crippen LogP contribution < -0.4 is 5.32 Å². The molecule has 0 saturated carbocycles. The van der Waals surface area contributed by atoms with Crippen LogP contribution in [0.5, 0.6) is 0 Å². The number of hydrogen-bond acceptors (Lipinski definition) is 3. The molecule has 26 heavy (non-hydrogen) atoms. The van der Waals surface area contributed by atoms with Crippen molar-refractivity contribution < 1.29 is 13.2 Å². The first-order chi connectivity index (χ1) is 12.3. The van der Waals surface area contributed by atoms with Gasteiger partial charge >= 0.3 is 0 Å². The van der Waals surface area contributed by atoms with Gasteiger partial charge in [0.1, 0.15) is 0 Å². The topological polar surface area (TPSA) is 66.5 Å². The summed E-state index contributed by atoms with van der Waals surface area (Å²) in [5.41, 5.74) is 2.78. The lowest BCUT2D eigenvalue weighted by atomic mass is 10.1. The number of benzene rings is 2. The fourth-order valence-electron chi connectivity index (χ4n) is 2.53. The second-order valence-electron chi connectivity index (χ2n) is 6.20. The normalized spacial score (nSPS) is 11.5. The van der Waals surface area contributed by atoms with Crippen molar-refractivity contribution in [2.24, 2.45) is 0 Å². The number of nitrogens with zero attached hydrogens (tertiary/aromatic N) is 1. The van der Waals surface area contributed by atoms with Crippen molar-refractivity contribution in [1.29, 1.82) is 0 Å². The van der Waals surface area contributed by atoms with Gasteiger partial charge in [0.15, 0.2) is 0 Å². The Labute approximate surface area is 160 Å². The molecule has 1 N–H and O–H groups in total. The molecule has 0 fully saturated rings. The van der Waals surface area contributed by atoms with Gasteiger partial charge < -0.3 is 5.32 Å². The van der Waals surface area contributed by atoms with Gasteiger partial charge in [-0.15, -0.1) is 0 Å². The van der Waals surface area contributed by atoms with E-state index in [1.54, 1.807) is 6.07 Å². The zero-order chi connectivity index (χ0) is 19.2. The smallest absolute Gasteiger partial charge is 0.221 e. The predicted octanol–water partition coefficient (Wildman–Crippen LogP) is 3.12. The minimum absolute atomic E-state index is 0.0866. The van der Waals surface area contributed by atoms with E-state index in [1.165, 1.54) is 4.31 Å². The average Bonchev–Trinajstić information content (AvgIpc) is 2.57. The number of aryl methyl sites for hydroxylation is 1. The average molecular weight is 395 g/mol. The summed E-state index contributed by atoms with van der Waals surface area (Å²) in [6.45, 7) is 2.64. The third-order valence-electron chi connectivity index (χ3n) is 3.93. The first-order valence-corrected chi connectivity index (χ1v) is 10.5. The Hall–Kier alpha value is -1.89. The van der Waals surface area contributed by atoms with Gasteiger partial charge in [-0.25, -0.2) is 8.42 Å². The summed E-state index contributed by atoms with van der Waals surface area (Å²) in [7, 11) is -3.41. The van der Waals surface area contributed by atoms with Crippen LogP contribution in [0.1, 0.15) is 23.1 Å². The minimum atomic E-state index is -3.41. The molecule has 5 nitrogen and oxygen atoms in total. The van der Waals surface area contributed by atoms with Crippen LogP contribution in [0.3, 0.4) is 0 Å². The quantitative estimate of drug-likeness (QED) is 0.748. The molecule has 0 aliphatic carbocycles. The van der Waals surface area contributed by atoms with Crippen LogP contribution in [-0.2, 0) is 27.9 Å². The maximum absolute atomic E-state index is 12.1.